The summed E-state index contributed by atoms with van der Waals surface area (Å²) in [7, 11) is 2.51. The van der Waals surface area contributed by atoms with E-state index in [2.05, 4.69) is 9.47 Å². The Morgan fingerprint density at radius 1 is 1.07 bits per heavy atom. The molecular formula is C9H15NO4. The zero-order valence-corrected chi connectivity index (χ0v) is 8.49. The van der Waals surface area contributed by atoms with Gasteiger partial charge in [-0.25, -0.2) is 14.5 Å². The van der Waals surface area contributed by atoms with Crippen LogP contribution in [0, 0.1) is 0 Å². The summed E-state index contributed by atoms with van der Waals surface area (Å²) in [5.74, 6) is 0. The summed E-state index contributed by atoms with van der Waals surface area (Å²) in [5.41, 5.74) is 0. The molecule has 0 aromatic carbocycles. The number of carbonyl (C=O) groups excluding carboxylic acids is 2. The Kier molecular flexibility index (Phi) is 3.73. The van der Waals surface area contributed by atoms with Crippen molar-refractivity contribution in [3.63, 3.8) is 0 Å². The monoisotopic (exact) mass is 201 g/mol. The van der Waals surface area contributed by atoms with E-state index in [1.807, 2.05) is 0 Å². The van der Waals surface area contributed by atoms with Gasteiger partial charge in [-0.1, -0.05) is 12.8 Å². The zero-order chi connectivity index (χ0) is 10.6. The van der Waals surface area contributed by atoms with Gasteiger partial charge in [-0.3, -0.25) is 0 Å². The predicted molar refractivity (Wildman–Crippen MR) is 48.9 cm³/mol. The predicted octanol–water partition coefficient (Wildman–Crippen LogP) is 1.76. The Labute approximate surface area is 83.0 Å². The molecule has 0 heterocycles. The molecule has 0 unspecified atom stereocenters. The molecule has 5 heteroatoms. The molecule has 0 N–H and O–H groups in total. The quantitative estimate of drug-likeness (QED) is 0.648. The van der Waals surface area contributed by atoms with Crippen LogP contribution >= 0.6 is 0 Å². The Morgan fingerprint density at radius 2 is 1.50 bits per heavy atom. The molecule has 0 spiro atoms. The molecule has 1 aliphatic carbocycles. The summed E-state index contributed by atoms with van der Waals surface area (Å²) in [4.78, 5) is 23.7. The van der Waals surface area contributed by atoms with E-state index in [0.29, 0.717) is 0 Å². The molecule has 0 aliphatic heterocycles. The molecule has 0 aromatic rings. The summed E-state index contributed by atoms with van der Waals surface area (Å²) in [6, 6.07) is -0.0603. The van der Waals surface area contributed by atoms with Crippen LogP contribution < -0.4 is 0 Å². The van der Waals surface area contributed by atoms with Gasteiger partial charge in [-0.05, 0) is 12.8 Å². The van der Waals surface area contributed by atoms with Crippen molar-refractivity contribution in [2.45, 2.75) is 31.7 Å². The molecule has 0 aromatic heterocycles. The van der Waals surface area contributed by atoms with Gasteiger partial charge in [0.1, 0.15) is 0 Å². The smallest absolute Gasteiger partial charge is 0.419 e. The average Bonchev–Trinajstić information content (AvgIpc) is 2.70. The first-order valence-corrected chi connectivity index (χ1v) is 4.65. The van der Waals surface area contributed by atoms with E-state index in [-0.39, 0.29) is 6.04 Å². The lowest BCUT2D eigenvalue weighted by Gasteiger charge is -2.23. The van der Waals surface area contributed by atoms with E-state index < -0.39 is 12.2 Å². The van der Waals surface area contributed by atoms with Crippen molar-refractivity contribution < 1.29 is 19.1 Å². The summed E-state index contributed by atoms with van der Waals surface area (Å²) in [6.07, 6.45) is 2.48. The summed E-state index contributed by atoms with van der Waals surface area (Å²) in [5, 5.41) is 0. The van der Waals surface area contributed by atoms with Crippen molar-refractivity contribution in [1.29, 1.82) is 0 Å². The largest absolute Gasteiger partial charge is 0.452 e. The van der Waals surface area contributed by atoms with Crippen LogP contribution in [0.3, 0.4) is 0 Å². The van der Waals surface area contributed by atoms with Gasteiger partial charge in [0.15, 0.2) is 0 Å². The lowest BCUT2D eigenvalue weighted by Crippen LogP contribution is -2.43. The van der Waals surface area contributed by atoms with E-state index in [4.69, 9.17) is 0 Å². The summed E-state index contributed by atoms with van der Waals surface area (Å²) < 4.78 is 9.07. The summed E-state index contributed by atoms with van der Waals surface area (Å²) in [6.45, 7) is 0. The Morgan fingerprint density at radius 3 is 1.86 bits per heavy atom. The Bertz CT molecular complexity index is 207. The first kappa shape index (κ1) is 10.8. The molecule has 80 valence electrons. The topological polar surface area (TPSA) is 55.8 Å². The fourth-order valence-corrected chi connectivity index (χ4v) is 1.73. The second kappa shape index (κ2) is 4.83. The highest BCUT2D eigenvalue weighted by atomic mass is 16.6. The number of amides is 2. The molecule has 1 saturated carbocycles. The van der Waals surface area contributed by atoms with Crippen LogP contribution in [0.15, 0.2) is 0 Å². The van der Waals surface area contributed by atoms with Crippen molar-refractivity contribution in [1.82, 2.24) is 4.90 Å². The standard InChI is InChI=1S/C9H15NO4/c1-13-8(11)10(9(12)14-2)7-5-3-4-6-7/h7H,3-6H2,1-2H3. The second-order valence-corrected chi connectivity index (χ2v) is 3.25. The van der Waals surface area contributed by atoms with Crippen molar-refractivity contribution in [2.75, 3.05) is 14.2 Å². The number of rotatable bonds is 1. The number of carbonyl (C=O) groups is 2. The highest BCUT2D eigenvalue weighted by Gasteiger charge is 2.33. The maximum atomic E-state index is 11.3. The molecule has 1 fully saturated rings. The maximum absolute atomic E-state index is 11.3. The number of imide groups is 1. The van der Waals surface area contributed by atoms with Crippen LogP contribution in [0.1, 0.15) is 25.7 Å². The van der Waals surface area contributed by atoms with Crippen molar-refractivity contribution in [2.24, 2.45) is 0 Å². The number of hydrogen-bond donors (Lipinski definition) is 0. The highest BCUT2D eigenvalue weighted by Crippen LogP contribution is 2.24. The lowest BCUT2D eigenvalue weighted by molar-refractivity contribution is 0.0839. The van der Waals surface area contributed by atoms with E-state index in [1.165, 1.54) is 14.2 Å². The van der Waals surface area contributed by atoms with Crippen LogP contribution in [0.5, 0.6) is 0 Å². The van der Waals surface area contributed by atoms with Gasteiger partial charge in [-0.15, -0.1) is 0 Å². The molecule has 0 saturated heterocycles. The van der Waals surface area contributed by atoms with Crippen LogP contribution in [0.2, 0.25) is 0 Å². The minimum Gasteiger partial charge on any atom is -0.452 e. The van der Waals surface area contributed by atoms with Crippen LogP contribution in [-0.4, -0.2) is 37.3 Å². The van der Waals surface area contributed by atoms with Crippen LogP contribution in [0.4, 0.5) is 9.59 Å². The minimum atomic E-state index is -0.635. The Balaban J connectivity index is 2.69. The minimum absolute atomic E-state index is 0.0603. The molecule has 1 rings (SSSR count). The molecule has 0 atom stereocenters. The molecular weight excluding hydrogens is 186 g/mol. The zero-order valence-electron chi connectivity index (χ0n) is 8.49. The normalized spacial score (nSPS) is 16.4. The van der Waals surface area contributed by atoms with Crippen molar-refractivity contribution >= 4 is 12.2 Å². The molecule has 14 heavy (non-hydrogen) atoms. The van der Waals surface area contributed by atoms with Crippen LogP contribution in [0.25, 0.3) is 0 Å². The van der Waals surface area contributed by atoms with Gasteiger partial charge >= 0.3 is 12.2 Å². The Hall–Kier alpha value is -1.26. The molecule has 5 nitrogen and oxygen atoms in total. The number of hydrogen-bond acceptors (Lipinski definition) is 4. The van der Waals surface area contributed by atoms with Gasteiger partial charge < -0.3 is 9.47 Å². The first-order chi connectivity index (χ1) is 6.70. The fraction of sp³-hybridized carbons (Fsp3) is 0.778. The van der Waals surface area contributed by atoms with Gasteiger partial charge in [0.2, 0.25) is 0 Å². The van der Waals surface area contributed by atoms with E-state index in [0.717, 1.165) is 30.6 Å². The number of nitrogens with zero attached hydrogens (tertiary/aromatic N) is 1. The first-order valence-electron chi connectivity index (χ1n) is 4.65. The van der Waals surface area contributed by atoms with Gasteiger partial charge in [0.25, 0.3) is 0 Å². The average molecular weight is 201 g/mol. The third-order valence-corrected chi connectivity index (χ3v) is 2.43. The van der Waals surface area contributed by atoms with Crippen molar-refractivity contribution in [3.8, 4) is 0 Å². The number of ether oxygens (including phenoxy) is 2. The van der Waals surface area contributed by atoms with Gasteiger partial charge in [0.05, 0.1) is 14.2 Å². The highest BCUT2D eigenvalue weighted by molar-refractivity contribution is 5.88. The second-order valence-electron chi connectivity index (χ2n) is 3.25. The molecule has 0 bridgehead atoms. The third kappa shape index (κ3) is 2.16. The molecule has 2 amide bonds. The molecule has 1 aliphatic rings. The van der Waals surface area contributed by atoms with Crippen LogP contribution in [-0.2, 0) is 9.47 Å². The summed E-state index contributed by atoms with van der Waals surface area (Å²) >= 11 is 0. The maximum Gasteiger partial charge on any atom is 0.419 e. The van der Waals surface area contributed by atoms with Crippen molar-refractivity contribution in [3.05, 3.63) is 0 Å². The van der Waals surface area contributed by atoms with Gasteiger partial charge in [0, 0.05) is 6.04 Å². The lowest BCUT2D eigenvalue weighted by atomic mass is 10.2. The SMILES string of the molecule is COC(=O)N(C(=O)OC)C1CCCC1. The molecule has 0 radical (unpaired) electrons. The van der Waals surface area contributed by atoms with Gasteiger partial charge in [-0.2, -0.15) is 0 Å². The van der Waals surface area contributed by atoms with E-state index in [9.17, 15) is 9.59 Å². The number of methoxy groups -OCH3 is 2. The van der Waals surface area contributed by atoms with E-state index in [1.54, 1.807) is 0 Å². The van der Waals surface area contributed by atoms with E-state index >= 15 is 0 Å². The fourth-order valence-electron chi connectivity index (χ4n) is 1.73. The third-order valence-electron chi connectivity index (χ3n) is 2.43.